The second-order valence-corrected chi connectivity index (χ2v) is 8.55. The van der Waals surface area contributed by atoms with E-state index < -0.39 is 0 Å². The van der Waals surface area contributed by atoms with E-state index in [1.54, 1.807) is 9.13 Å². The van der Waals surface area contributed by atoms with Gasteiger partial charge >= 0.3 is 0 Å². The van der Waals surface area contributed by atoms with Crippen LogP contribution in [0.15, 0.2) is 58.1 Å². The van der Waals surface area contributed by atoms with Crippen molar-refractivity contribution in [1.82, 2.24) is 19.1 Å². The summed E-state index contributed by atoms with van der Waals surface area (Å²) in [7, 11) is 0. The minimum atomic E-state index is -0.0638. The van der Waals surface area contributed by atoms with E-state index in [1.165, 1.54) is 0 Å². The Kier molecular flexibility index (Phi) is 9.53. The van der Waals surface area contributed by atoms with Crippen LogP contribution in [0, 0.1) is 0 Å². The van der Waals surface area contributed by atoms with E-state index in [2.05, 4.69) is 9.97 Å². The molecule has 2 aromatic heterocycles. The molecule has 0 unspecified atom stereocenters. The van der Waals surface area contributed by atoms with Gasteiger partial charge in [-0.1, -0.05) is 38.1 Å². The molecule has 0 aliphatic carbocycles. The molecule has 0 bridgehead atoms. The molecule has 0 saturated heterocycles. The van der Waals surface area contributed by atoms with Crippen LogP contribution >= 0.6 is 0 Å². The van der Waals surface area contributed by atoms with Gasteiger partial charge in [-0.3, -0.25) is 9.59 Å². The third kappa shape index (κ3) is 6.49. The summed E-state index contributed by atoms with van der Waals surface area (Å²) in [5, 5.41) is 0. The first kappa shape index (κ1) is 26.7. The van der Waals surface area contributed by atoms with E-state index in [4.69, 9.17) is 14.2 Å². The molecule has 0 fully saturated rings. The van der Waals surface area contributed by atoms with Crippen LogP contribution in [0.5, 0.6) is 0 Å². The Hall–Kier alpha value is -3.40. The number of hydrogen-bond donors (Lipinski definition) is 0. The third-order valence-electron chi connectivity index (χ3n) is 6.17. The Bertz CT molecular complexity index is 1340. The van der Waals surface area contributed by atoms with Gasteiger partial charge in [-0.05, 0) is 37.1 Å². The molecule has 4 rings (SSSR count). The predicted octanol–water partition coefficient (Wildman–Crippen LogP) is 2.98. The lowest BCUT2D eigenvalue weighted by Crippen LogP contribution is -2.27. The largest absolute Gasteiger partial charge is 0.377 e. The summed E-state index contributed by atoms with van der Waals surface area (Å²) >= 11 is 0. The van der Waals surface area contributed by atoms with Crippen LogP contribution in [-0.4, -0.2) is 58.7 Å². The fourth-order valence-corrected chi connectivity index (χ4v) is 4.25. The Labute approximate surface area is 215 Å². The van der Waals surface area contributed by atoms with Crippen molar-refractivity contribution in [2.75, 3.05) is 39.6 Å². The average molecular weight is 507 g/mol. The lowest BCUT2D eigenvalue weighted by atomic mass is 10.2. The zero-order valence-corrected chi connectivity index (χ0v) is 21.5. The summed E-state index contributed by atoms with van der Waals surface area (Å²) < 4.78 is 20.4. The van der Waals surface area contributed by atoms with Gasteiger partial charge in [-0.15, -0.1) is 0 Å². The van der Waals surface area contributed by atoms with Crippen molar-refractivity contribution in [2.45, 2.75) is 39.8 Å². The van der Waals surface area contributed by atoms with Gasteiger partial charge in [0.25, 0.3) is 11.1 Å². The van der Waals surface area contributed by atoms with E-state index in [0.717, 1.165) is 22.1 Å². The second kappa shape index (κ2) is 13.2. The molecule has 37 heavy (non-hydrogen) atoms. The van der Waals surface area contributed by atoms with E-state index in [1.807, 2.05) is 62.4 Å². The van der Waals surface area contributed by atoms with Gasteiger partial charge in [0, 0.05) is 13.1 Å². The fourth-order valence-electron chi connectivity index (χ4n) is 4.25. The molecule has 9 nitrogen and oxygen atoms in total. The zero-order chi connectivity index (χ0) is 26.0. The van der Waals surface area contributed by atoms with Crippen molar-refractivity contribution in [2.24, 2.45) is 0 Å². The van der Waals surface area contributed by atoms with Crippen LogP contribution in [0.1, 0.15) is 25.2 Å². The SMILES string of the molecule is CCc1nc2ccccc2n(CCOCCOCCOCCn2c(=O)c(CC)nc3ccccc32)c1=O. The first-order chi connectivity index (χ1) is 18.1. The van der Waals surface area contributed by atoms with Gasteiger partial charge in [-0.25, -0.2) is 9.97 Å². The summed E-state index contributed by atoms with van der Waals surface area (Å²) in [5.74, 6) is 0. The van der Waals surface area contributed by atoms with Gasteiger partial charge < -0.3 is 23.3 Å². The highest BCUT2D eigenvalue weighted by atomic mass is 16.5. The van der Waals surface area contributed by atoms with Crippen molar-refractivity contribution < 1.29 is 14.2 Å². The molecule has 0 atom stereocenters. The molecule has 0 aliphatic rings. The lowest BCUT2D eigenvalue weighted by Gasteiger charge is -2.13. The van der Waals surface area contributed by atoms with Crippen LogP contribution < -0.4 is 11.1 Å². The summed E-state index contributed by atoms with van der Waals surface area (Å²) in [5.41, 5.74) is 4.26. The minimum Gasteiger partial charge on any atom is -0.377 e. The highest BCUT2D eigenvalue weighted by molar-refractivity contribution is 5.75. The summed E-state index contributed by atoms with van der Waals surface area (Å²) in [6.07, 6.45) is 1.19. The van der Waals surface area contributed by atoms with Gasteiger partial charge in [0.2, 0.25) is 0 Å². The number of ether oxygens (including phenoxy) is 3. The van der Waals surface area contributed by atoms with E-state index in [9.17, 15) is 9.59 Å². The van der Waals surface area contributed by atoms with Gasteiger partial charge in [0.15, 0.2) is 0 Å². The number of aryl methyl sites for hydroxylation is 2. The number of benzene rings is 2. The average Bonchev–Trinajstić information content (AvgIpc) is 2.93. The molecule has 0 aliphatic heterocycles. The maximum absolute atomic E-state index is 12.7. The molecular formula is C28H34N4O5. The first-order valence-corrected chi connectivity index (χ1v) is 12.8. The standard InChI is InChI=1S/C28H34N4O5/c1-3-21-27(33)31(25-11-7-5-9-23(25)29-21)13-15-35-17-19-37-20-18-36-16-14-32-26-12-8-6-10-24(26)30-22(4-2)28(32)34/h5-12H,3-4,13-20H2,1-2H3. The predicted molar refractivity (Wildman–Crippen MR) is 143 cm³/mol. The van der Waals surface area contributed by atoms with Crippen molar-refractivity contribution in [3.8, 4) is 0 Å². The van der Waals surface area contributed by atoms with Gasteiger partial charge in [-0.2, -0.15) is 0 Å². The lowest BCUT2D eigenvalue weighted by molar-refractivity contribution is 0.0119. The van der Waals surface area contributed by atoms with Crippen molar-refractivity contribution in [3.05, 3.63) is 80.6 Å². The van der Waals surface area contributed by atoms with E-state index in [-0.39, 0.29) is 11.1 Å². The van der Waals surface area contributed by atoms with Crippen molar-refractivity contribution >= 4 is 22.1 Å². The van der Waals surface area contributed by atoms with E-state index in [0.29, 0.717) is 77.0 Å². The van der Waals surface area contributed by atoms with Crippen LogP contribution in [-0.2, 0) is 40.1 Å². The maximum Gasteiger partial charge on any atom is 0.272 e. The summed E-state index contributed by atoms with van der Waals surface area (Å²) in [6, 6.07) is 15.3. The fraction of sp³-hybridized carbons (Fsp3) is 0.429. The molecule has 4 aromatic rings. The third-order valence-corrected chi connectivity index (χ3v) is 6.17. The number of rotatable bonds is 14. The summed E-state index contributed by atoms with van der Waals surface area (Å²) in [6.45, 7) is 7.33. The molecular weight excluding hydrogens is 472 g/mol. The molecule has 0 spiro atoms. The monoisotopic (exact) mass is 506 g/mol. The van der Waals surface area contributed by atoms with Crippen LogP contribution in [0.25, 0.3) is 22.1 Å². The zero-order valence-electron chi connectivity index (χ0n) is 21.5. The molecule has 0 saturated carbocycles. The Morgan fingerprint density at radius 1 is 0.595 bits per heavy atom. The topological polar surface area (TPSA) is 97.5 Å². The first-order valence-electron chi connectivity index (χ1n) is 12.8. The minimum absolute atomic E-state index is 0.0638. The number of hydrogen-bond acceptors (Lipinski definition) is 7. The van der Waals surface area contributed by atoms with Crippen LogP contribution in [0.4, 0.5) is 0 Å². The molecule has 9 heteroatoms. The molecule has 0 radical (unpaired) electrons. The number of para-hydroxylation sites is 4. The molecule has 0 amide bonds. The Balaban J connectivity index is 1.15. The highest BCUT2D eigenvalue weighted by Crippen LogP contribution is 2.11. The highest BCUT2D eigenvalue weighted by Gasteiger charge is 2.10. The Morgan fingerprint density at radius 2 is 0.973 bits per heavy atom. The smallest absolute Gasteiger partial charge is 0.272 e. The van der Waals surface area contributed by atoms with Gasteiger partial charge in [0.05, 0.1) is 61.7 Å². The molecule has 2 heterocycles. The molecule has 2 aromatic carbocycles. The van der Waals surface area contributed by atoms with Crippen molar-refractivity contribution in [3.63, 3.8) is 0 Å². The number of nitrogens with zero attached hydrogens (tertiary/aromatic N) is 4. The number of fused-ring (bicyclic) bond motifs is 2. The quantitative estimate of drug-likeness (QED) is 0.243. The number of aromatic nitrogens is 4. The van der Waals surface area contributed by atoms with Crippen molar-refractivity contribution in [1.29, 1.82) is 0 Å². The summed E-state index contributed by atoms with van der Waals surface area (Å²) in [4.78, 5) is 34.3. The molecule has 0 N–H and O–H groups in total. The van der Waals surface area contributed by atoms with Crippen LogP contribution in [0.2, 0.25) is 0 Å². The maximum atomic E-state index is 12.7. The van der Waals surface area contributed by atoms with Gasteiger partial charge in [0.1, 0.15) is 11.4 Å². The second-order valence-electron chi connectivity index (χ2n) is 8.55. The Morgan fingerprint density at radius 3 is 1.38 bits per heavy atom. The normalized spacial score (nSPS) is 11.5. The van der Waals surface area contributed by atoms with Crippen LogP contribution in [0.3, 0.4) is 0 Å². The van der Waals surface area contributed by atoms with E-state index >= 15 is 0 Å². The molecule has 196 valence electrons.